The maximum absolute atomic E-state index is 13.5. The first-order chi connectivity index (χ1) is 23.0. The van der Waals surface area contributed by atoms with Gasteiger partial charge in [-0.2, -0.15) is 13.2 Å². The van der Waals surface area contributed by atoms with Crippen LogP contribution in [0.3, 0.4) is 0 Å². The normalized spacial score (nSPS) is 15.2. The first-order valence-corrected chi connectivity index (χ1v) is 15.4. The first kappa shape index (κ1) is 40.1. The lowest BCUT2D eigenvalue weighted by Crippen LogP contribution is -2.59. The van der Waals surface area contributed by atoms with E-state index >= 15 is 0 Å². The molecule has 2 aromatic rings. The molecule has 268 valence electrons. The Balaban J connectivity index is 2.24. The van der Waals surface area contributed by atoms with Crippen LogP contribution in [-0.2, 0) is 25.6 Å². The number of nitrogens with two attached hydrogens (primary N) is 1. The van der Waals surface area contributed by atoms with Crippen molar-refractivity contribution in [2.75, 3.05) is 0 Å². The number of hydrogen-bond acceptors (Lipinski definition) is 9. The summed E-state index contributed by atoms with van der Waals surface area (Å²) >= 11 is 0. The third-order valence-corrected chi connectivity index (χ3v) is 7.17. The smallest absolute Gasteiger partial charge is 0.412 e. The van der Waals surface area contributed by atoms with Gasteiger partial charge in [0.2, 0.25) is 29.5 Å². The summed E-state index contributed by atoms with van der Waals surface area (Å²) in [5.41, 5.74) is 6.21. The molecule has 0 bridgehead atoms. The van der Waals surface area contributed by atoms with Gasteiger partial charge in [-0.15, -0.1) is 10.2 Å². The van der Waals surface area contributed by atoms with E-state index in [1.54, 1.807) is 76.3 Å². The van der Waals surface area contributed by atoms with Gasteiger partial charge in [-0.25, -0.2) is 0 Å². The molecule has 5 unspecified atom stereocenters. The lowest BCUT2D eigenvalue weighted by molar-refractivity contribution is -0.212. The molecule has 0 aliphatic carbocycles. The summed E-state index contributed by atoms with van der Waals surface area (Å²) in [5.74, 6) is -5.34. The van der Waals surface area contributed by atoms with Crippen LogP contribution in [0.1, 0.15) is 69.6 Å². The van der Waals surface area contributed by atoms with Crippen LogP contribution in [0.4, 0.5) is 13.2 Å². The van der Waals surface area contributed by atoms with Gasteiger partial charge in [0.1, 0.15) is 18.1 Å². The number of nitrogens with one attached hydrogen (secondary N) is 4. The minimum absolute atomic E-state index is 0.0658. The summed E-state index contributed by atoms with van der Waals surface area (Å²) in [4.78, 5) is 64.0. The van der Waals surface area contributed by atoms with Crippen LogP contribution < -0.4 is 27.0 Å². The molecule has 0 fully saturated rings. The van der Waals surface area contributed by atoms with Gasteiger partial charge in [0.05, 0.1) is 6.04 Å². The number of aliphatic hydroxyl groups excluding tert-OH is 1. The van der Waals surface area contributed by atoms with Crippen molar-refractivity contribution in [3.05, 3.63) is 65.9 Å². The van der Waals surface area contributed by atoms with E-state index in [0.717, 1.165) is 0 Å². The molecule has 5 atom stereocenters. The second-order valence-electron chi connectivity index (χ2n) is 11.4. The Morgan fingerprint density at radius 2 is 1.55 bits per heavy atom. The molecule has 1 aromatic heterocycles. The Bertz CT molecular complexity index is 1510. The van der Waals surface area contributed by atoms with Crippen molar-refractivity contribution < 1.29 is 46.7 Å². The van der Waals surface area contributed by atoms with Gasteiger partial charge in [-0.3, -0.25) is 24.0 Å². The van der Waals surface area contributed by atoms with E-state index in [2.05, 4.69) is 26.1 Å². The molecule has 0 radical (unpaired) electrons. The average molecular weight is 694 g/mol. The summed E-state index contributed by atoms with van der Waals surface area (Å²) in [6, 6.07) is 2.62. The van der Waals surface area contributed by atoms with E-state index in [1.807, 2.05) is 5.32 Å². The maximum atomic E-state index is 13.5. The zero-order valence-electron chi connectivity index (χ0n) is 27.7. The van der Waals surface area contributed by atoms with E-state index in [0.29, 0.717) is 11.1 Å². The highest BCUT2D eigenvalue weighted by atomic mass is 19.4. The summed E-state index contributed by atoms with van der Waals surface area (Å²) in [6.07, 6.45) is -4.22. The summed E-state index contributed by atoms with van der Waals surface area (Å²) in [7, 11) is 0. The first-order valence-electron chi connectivity index (χ1n) is 15.4. The number of halogens is 3. The van der Waals surface area contributed by atoms with Crippen LogP contribution >= 0.6 is 0 Å². The number of carbonyl (C=O) groups excluding carboxylic acids is 5. The van der Waals surface area contributed by atoms with Crippen LogP contribution in [-0.4, -0.2) is 81.3 Å². The van der Waals surface area contributed by atoms with Gasteiger partial charge in [0.25, 0.3) is 0 Å². The zero-order valence-corrected chi connectivity index (χ0v) is 27.7. The highest BCUT2D eigenvalue weighted by Crippen LogP contribution is 2.24. The van der Waals surface area contributed by atoms with E-state index in [9.17, 15) is 42.3 Å². The fraction of sp³-hybridized carbons (Fsp3) is 0.469. The van der Waals surface area contributed by atoms with E-state index in [4.69, 9.17) is 10.2 Å². The molecule has 14 nitrogen and oxygen atoms in total. The number of aromatic nitrogens is 2. The molecular weight excluding hydrogens is 651 g/mol. The van der Waals surface area contributed by atoms with Crippen molar-refractivity contribution in [2.45, 2.75) is 90.3 Å². The van der Waals surface area contributed by atoms with Crippen molar-refractivity contribution >= 4 is 35.1 Å². The van der Waals surface area contributed by atoms with Crippen LogP contribution in [0.2, 0.25) is 0 Å². The monoisotopic (exact) mass is 693 g/mol. The number of alkyl halides is 3. The molecule has 0 aliphatic rings. The highest BCUT2D eigenvalue weighted by Gasteiger charge is 2.44. The van der Waals surface area contributed by atoms with Crippen molar-refractivity contribution in [3.63, 3.8) is 0 Å². The van der Waals surface area contributed by atoms with Gasteiger partial charge < -0.3 is 36.5 Å². The van der Waals surface area contributed by atoms with Crippen molar-refractivity contribution in [1.29, 1.82) is 0 Å². The fourth-order valence-electron chi connectivity index (χ4n) is 4.48. The topological polar surface area (TPSA) is 219 Å². The van der Waals surface area contributed by atoms with Gasteiger partial charge >= 0.3 is 18.0 Å². The van der Waals surface area contributed by atoms with E-state index in [-0.39, 0.29) is 12.3 Å². The SMILES string of the molecule is CC=CC(=CC)c1nnc(C(=O)NC(C(=O)NC(Cc2ccccc2)C(=O)NC(C)C(=O)NC(CCC(N)=O)C(O)C(F)(F)F)C(C)C)o1. The Morgan fingerprint density at radius 3 is 2.10 bits per heavy atom. The molecule has 17 heteroatoms. The summed E-state index contributed by atoms with van der Waals surface area (Å²) < 4.78 is 45.1. The minimum Gasteiger partial charge on any atom is -0.412 e. The quantitative estimate of drug-likeness (QED) is 0.133. The number of carbonyl (C=O) groups is 5. The Hall–Kier alpha value is -5.06. The largest absolute Gasteiger partial charge is 0.416 e. The number of aliphatic hydroxyl groups is 1. The van der Waals surface area contributed by atoms with Crippen molar-refractivity contribution in [1.82, 2.24) is 31.5 Å². The van der Waals surface area contributed by atoms with Gasteiger partial charge in [0.15, 0.2) is 6.10 Å². The average Bonchev–Trinajstić information content (AvgIpc) is 3.53. The van der Waals surface area contributed by atoms with Crippen LogP contribution in [0.15, 0.2) is 53.0 Å². The predicted molar refractivity (Wildman–Crippen MR) is 171 cm³/mol. The van der Waals surface area contributed by atoms with Gasteiger partial charge in [-0.05, 0) is 38.7 Å². The molecule has 0 saturated carbocycles. The molecule has 0 aliphatic heterocycles. The fourth-order valence-corrected chi connectivity index (χ4v) is 4.48. The third kappa shape index (κ3) is 12.5. The maximum Gasteiger partial charge on any atom is 0.416 e. The van der Waals surface area contributed by atoms with Crippen LogP contribution in [0.25, 0.3) is 5.57 Å². The molecular formula is C32H42F3N7O7. The zero-order chi connectivity index (χ0) is 36.9. The second-order valence-corrected chi connectivity index (χ2v) is 11.4. The van der Waals surface area contributed by atoms with Gasteiger partial charge in [-0.1, -0.05) is 62.4 Å². The molecule has 1 aromatic carbocycles. The second kappa shape index (κ2) is 18.5. The molecule has 5 amide bonds. The number of primary amides is 1. The summed E-state index contributed by atoms with van der Waals surface area (Å²) in [5, 5.41) is 26.9. The molecule has 7 N–H and O–H groups in total. The molecule has 0 saturated heterocycles. The minimum atomic E-state index is -5.12. The number of amides is 5. The molecule has 0 spiro atoms. The molecule has 49 heavy (non-hydrogen) atoms. The number of hydrogen-bond donors (Lipinski definition) is 6. The lowest BCUT2D eigenvalue weighted by atomic mass is 10.0. The van der Waals surface area contributed by atoms with Crippen LogP contribution in [0.5, 0.6) is 0 Å². The number of rotatable bonds is 17. The standard InChI is InChI=1S/C32H42F3N7O7/c1-6-11-20(7-2)30-41-42-31(49-30)29(48)40-24(17(3)4)28(47)39-22(16-19-12-9-8-10-13-19)27(46)37-18(5)26(45)38-21(14-15-23(36)43)25(44)32(33,34)35/h6-13,17-18,21-22,24-25,44H,14-16H2,1-5H3,(H2,36,43)(H,37,46)(H,38,45)(H,39,47)(H,40,48). The number of allylic oxidation sites excluding steroid dienone is 4. The molecule has 1 heterocycles. The number of benzene rings is 1. The van der Waals surface area contributed by atoms with E-state index in [1.165, 1.54) is 6.92 Å². The Labute approximate surface area is 281 Å². The van der Waals surface area contributed by atoms with E-state index < -0.39 is 90.6 Å². The van der Waals surface area contributed by atoms with Crippen molar-refractivity contribution in [3.8, 4) is 0 Å². The van der Waals surface area contributed by atoms with Crippen LogP contribution in [0, 0.1) is 5.92 Å². The lowest BCUT2D eigenvalue weighted by Gasteiger charge is -2.28. The summed E-state index contributed by atoms with van der Waals surface area (Å²) in [6.45, 7) is 8.02. The Morgan fingerprint density at radius 1 is 0.918 bits per heavy atom. The number of nitrogens with zero attached hydrogens (tertiary/aromatic N) is 2. The third-order valence-electron chi connectivity index (χ3n) is 7.17. The highest BCUT2D eigenvalue weighted by molar-refractivity contribution is 5.97. The van der Waals surface area contributed by atoms with Crippen molar-refractivity contribution in [2.24, 2.45) is 11.7 Å². The molecule has 2 rings (SSSR count). The predicted octanol–water partition coefficient (Wildman–Crippen LogP) is 1.71. The Kier molecular flexibility index (Phi) is 15.1. The van der Waals surface area contributed by atoms with Gasteiger partial charge in [0, 0.05) is 18.4 Å².